The number of aromatic nitrogens is 1. The second-order valence-electron chi connectivity index (χ2n) is 8.54. The highest BCUT2D eigenvalue weighted by Gasteiger charge is 2.45. The third-order valence-electron chi connectivity index (χ3n) is 5.81. The molecule has 4 rings (SSSR count). The molecule has 162 valence electrons. The third-order valence-corrected chi connectivity index (χ3v) is 5.81. The van der Waals surface area contributed by atoms with Gasteiger partial charge in [-0.2, -0.15) is 0 Å². The Labute approximate surface area is 182 Å². The van der Waals surface area contributed by atoms with Crippen molar-refractivity contribution in [3.63, 3.8) is 0 Å². The number of fused-ring (bicyclic) bond motifs is 1. The molecule has 0 spiro atoms. The van der Waals surface area contributed by atoms with E-state index in [1.807, 2.05) is 33.2 Å². The Morgan fingerprint density at radius 1 is 1.23 bits per heavy atom. The van der Waals surface area contributed by atoms with Crippen LogP contribution in [0.4, 0.5) is 0 Å². The Balaban J connectivity index is 1.76. The van der Waals surface area contributed by atoms with Crippen molar-refractivity contribution in [2.24, 2.45) is 0 Å². The number of hydrogen-bond acceptors (Lipinski definition) is 5. The minimum atomic E-state index is -0.651. The van der Waals surface area contributed by atoms with Crippen LogP contribution in [0.2, 0.25) is 0 Å². The number of ketones is 1. The molecule has 0 unspecified atom stereocenters. The number of aliphatic hydroxyl groups excluding tert-OH is 1. The summed E-state index contributed by atoms with van der Waals surface area (Å²) in [4.78, 5) is 32.9. The largest absolute Gasteiger partial charge is 0.507 e. The Morgan fingerprint density at radius 3 is 2.68 bits per heavy atom. The highest BCUT2D eigenvalue weighted by molar-refractivity contribution is 6.46. The lowest BCUT2D eigenvalue weighted by atomic mass is 9.95. The normalized spacial score (nSPS) is 22.1. The summed E-state index contributed by atoms with van der Waals surface area (Å²) in [5.74, 6) is -0.582. The number of benzene rings is 1. The lowest BCUT2D eigenvalue weighted by Gasteiger charge is -2.25. The molecular weight excluding hydrogens is 394 g/mol. The molecule has 0 bridgehead atoms. The van der Waals surface area contributed by atoms with Gasteiger partial charge in [0.2, 0.25) is 0 Å². The highest BCUT2D eigenvalue weighted by Crippen LogP contribution is 2.40. The number of carbonyl (C=O) groups excluding carboxylic acids is 2. The average Bonchev–Trinajstić information content (AvgIpc) is 3.24. The van der Waals surface area contributed by atoms with E-state index >= 15 is 0 Å². The Bertz CT molecular complexity index is 1030. The van der Waals surface area contributed by atoms with Gasteiger partial charge >= 0.3 is 0 Å². The molecule has 1 saturated heterocycles. The molecule has 0 aliphatic carbocycles. The number of carbonyl (C=O) groups is 2. The monoisotopic (exact) mass is 422 g/mol. The number of rotatable bonds is 6. The minimum absolute atomic E-state index is 0.0774. The fourth-order valence-electron chi connectivity index (χ4n) is 4.33. The van der Waals surface area contributed by atoms with Crippen LogP contribution in [0, 0.1) is 0 Å². The number of aliphatic hydroxyl groups is 1. The summed E-state index contributed by atoms with van der Waals surface area (Å²) in [6.45, 7) is 3.30. The van der Waals surface area contributed by atoms with Gasteiger partial charge < -0.3 is 19.6 Å². The fraction of sp³-hybridized carbons (Fsp3) is 0.375. The van der Waals surface area contributed by atoms with Gasteiger partial charge in [0, 0.05) is 37.3 Å². The number of hydrogen-bond donors (Lipinski definition) is 2. The van der Waals surface area contributed by atoms with E-state index < -0.39 is 17.7 Å². The fourth-order valence-corrected chi connectivity index (χ4v) is 4.33. The van der Waals surface area contributed by atoms with E-state index in [0.717, 1.165) is 36.3 Å². The summed E-state index contributed by atoms with van der Waals surface area (Å²) in [7, 11) is 4.10. The molecule has 2 aromatic rings. The Hall–Kier alpha value is -3.19. The summed E-state index contributed by atoms with van der Waals surface area (Å²) < 4.78 is 5.74. The van der Waals surface area contributed by atoms with Gasteiger partial charge in [0.1, 0.15) is 17.6 Å². The molecule has 3 heterocycles. The van der Waals surface area contributed by atoms with Crippen LogP contribution in [0.1, 0.15) is 36.1 Å². The van der Waals surface area contributed by atoms with E-state index in [1.165, 1.54) is 4.90 Å². The van der Waals surface area contributed by atoms with E-state index in [2.05, 4.69) is 4.98 Å². The summed E-state index contributed by atoms with van der Waals surface area (Å²) >= 11 is 0. The van der Waals surface area contributed by atoms with Crippen molar-refractivity contribution in [3.8, 4) is 5.75 Å². The number of pyridine rings is 1. The molecule has 1 fully saturated rings. The zero-order valence-electron chi connectivity index (χ0n) is 18.1. The van der Waals surface area contributed by atoms with Crippen LogP contribution in [0.5, 0.6) is 5.75 Å². The Morgan fingerprint density at radius 2 is 1.97 bits per heavy atom. The predicted octanol–water partition coefficient (Wildman–Crippen LogP) is 1.36. The first-order chi connectivity index (χ1) is 14.9. The molecular formula is C24H28N3O4+. The quantitative estimate of drug-likeness (QED) is 0.417. The maximum atomic E-state index is 13.0. The predicted molar refractivity (Wildman–Crippen MR) is 116 cm³/mol. The minimum Gasteiger partial charge on any atom is -0.507 e. The number of amides is 1. The second kappa shape index (κ2) is 8.51. The zero-order valence-corrected chi connectivity index (χ0v) is 18.1. The maximum absolute atomic E-state index is 13.0. The van der Waals surface area contributed by atoms with Gasteiger partial charge in [-0.25, -0.2) is 0 Å². The topological polar surface area (TPSA) is 84.2 Å². The molecule has 2 N–H and O–H groups in total. The number of Topliss-reactive ketones (excluding diaryl/α,β-unsaturated/α-hetero) is 1. The lowest BCUT2D eigenvalue weighted by Crippen LogP contribution is -3.05. The second-order valence-corrected chi connectivity index (χ2v) is 8.54. The summed E-state index contributed by atoms with van der Waals surface area (Å²) in [5.41, 5.74) is 2.39. The van der Waals surface area contributed by atoms with Gasteiger partial charge in [0.15, 0.2) is 0 Å². The van der Waals surface area contributed by atoms with Crippen molar-refractivity contribution in [1.82, 2.24) is 9.88 Å². The molecule has 0 saturated carbocycles. The van der Waals surface area contributed by atoms with Crippen molar-refractivity contribution >= 4 is 17.4 Å². The first-order valence-corrected chi connectivity index (χ1v) is 10.6. The molecule has 1 amide bonds. The van der Waals surface area contributed by atoms with Crippen LogP contribution in [0.25, 0.3) is 5.76 Å². The summed E-state index contributed by atoms with van der Waals surface area (Å²) in [6, 6.07) is 8.33. The van der Waals surface area contributed by atoms with Crippen LogP contribution >= 0.6 is 0 Å². The molecule has 1 aromatic carbocycles. The number of nitrogens with one attached hydrogen (secondary N) is 1. The standard InChI is InChI=1S/C24H27N3O4/c1-15-13-18-14-17(5-6-19(18)31-15)22(28)20-21(16-7-9-25-10-8-16)27(24(30)23(20)29)12-4-11-26(2)3/h5-10,14-15,21,28H,4,11-13H2,1-3H3/p+1/b22-20+/t15-,21-/m0/s1. The molecule has 2 atom stereocenters. The maximum Gasteiger partial charge on any atom is 0.295 e. The van der Waals surface area contributed by atoms with Gasteiger partial charge in [0.05, 0.1) is 32.3 Å². The summed E-state index contributed by atoms with van der Waals surface area (Å²) in [6.07, 6.45) is 4.84. The SMILES string of the molecule is C[C@H]1Cc2cc(/C(O)=C3\C(=O)C(=O)N(CCC[NH+](C)C)[C@H]3c3ccncc3)ccc2O1. The third kappa shape index (κ3) is 4.05. The smallest absolute Gasteiger partial charge is 0.295 e. The first-order valence-electron chi connectivity index (χ1n) is 10.6. The zero-order chi connectivity index (χ0) is 22.1. The van der Waals surface area contributed by atoms with Crippen LogP contribution in [0.3, 0.4) is 0 Å². The van der Waals surface area contributed by atoms with Gasteiger partial charge in [0.25, 0.3) is 11.7 Å². The van der Waals surface area contributed by atoms with Gasteiger partial charge in [-0.15, -0.1) is 0 Å². The molecule has 1 aromatic heterocycles. The van der Waals surface area contributed by atoms with E-state index in [1.54, 1.807) is 35.5 Å². The van der Waals surface area contributed by atoms with Gasteiger partial charge in [-0.05, 0) is 48.4 Å². The van der Waals surface area contributed by atoms with Crippen molar-refractivity contribution < 1.29 is 24.3 Å². The number of ether oxygens (including phenoxy) is 1. The molecule has 2 aliphatic heterocycles. The molecule has 7 heteroatoms. The van der Waals surface area contributed by atoms with Crippen molar-refractivity contribution in [2.45, 2.75) is 31.9 Å². The van der Waals surface area contributed by atoms with Crippen molar-refractivity contribution in [2.75, 3.05) is 27.2 Å². The van der Waals surface area contributed by atoms with E-state index in [0.29, 0.717) is 12.1 Å². The van der Waals surface area contributed by atoms with E-state index in [9.17, 15) is 14.7 Å². The van der Waals surface area contributed by atoms with Crippen LogP contribution in [-0.4, -0.2) is 60.0 Å². The van der Waals surface area contributed by atoms with Crippen molar-refractivity contribution in [1.29, 1.82) is 0 Å². The van der Waals surface area contributed by atoms with Gasteiger partial charge in [-0.1, -0.05) is 0 Å². The lowest BCUT2D eigenvalue weighted by molar-refractivity contribution is -0.858. The molecule has 2 aliphatic rings. The number of nitrogens with zero attached hydrogens (tertiary/aromatic N) is 2. The van der Waals surface area contributed by atoms with E-state index in [-0.39, 0.29) is 17.4 Å². The highest BCUT2D eigenvalue weighted by atomic mass is 16.5. The average molecular weight is 423 g/mol. The summed E-state index contributed by atoms with van der Waals surface area (Å²) in [5, 5.41) is 11.2. The first kappa shape index (κ1) is 21.1. The van der Waals surface area contributed by atoms with E-state index in [4.69, 9.17) is 4.74 Å². The van der Waals surface area contributed by atoms with Crippen LogP contribution < -0.4 is 9.64 Å². The molecule has 31 heavy (non-hydrogen) atoms. The van der Waals surface area contributed by atoms with Crippen LogP contribution in [0.15, 0.2) is 48.3 Å². The molecule has 7 nitrogen and oxygen atoms in total. The Kier molecular flexibility index (Phi) is 5.78. The van der Waals surface area contributed by atoms with Crippen molar-refractivity contribution in [3.05, 3.63) is 65.0 Å². The molecule has 0 radical (unpaired) electrons. The van der Waals surface area contributed by atoms with Crippen LogP contribution in [-0.2, 0) is 16.0 Å². The number of quaternary nitrogens is 1. The van der Waals surface area contributed by atoms with Gasteiger partial charge in [-0.3, -0.25) is 14.6 Å². The number of likely N-dealkylation sites (tertiary alicyclic amines) is 1.